The quantitative estimate of drug-likeness (QED) is 0.507. The average molecular weight is 426 g/mol. The third-order valence-electron chi connectivity index (χ3n) is 4.53. The van der Waals surface area contributed by atoms with Crippen molar-refractivity contribution in [3.63, 3.8) is 0 Å². The Kier molecular flexibility index (Phi) is 5.22. The molecule has 0 aliphatic heterocycles. The standard InChI is InChI=1S/C22H16ClNO4S/c1-13-11-17-18(21(26)24(13)12-14-7-9-15(23)10-8-14)19(25)20(22(27)28-17)29-16-5-3-2-4-6-16/h2-11,25H,12H2,1H3. The summed E-state index contributed by atoms with van der Waals surface area (Å²) in [5, 5.41) is 11.4. The molecule has 0 aliphatic rings. The fraction of sp³-hybridized carbons (Fsp3) is 0.0909. The van der Waals surface area contributed by atoms with Gasteiger partial charge in [-0.1, -0.05) is 53.7 Å². The summed E-state index contributed by atoms with van der Waals surface area (Å²) in [6.07, 6.45) is 0. The number of pyridine rings is 1. The Morgan fingerprint density at radius 2 is 1.76 bits per heavy atom. The minimum atomic E-state index is -0.682. The predicted octanol–water partition coefficient (Wildman–Crippen LogP) is 4.82. The van der Waals surface area contributed by atoms with Crippen LogP contribution in [0.4, 0.5) is 0 Å². The summed E-state index contributed by atoms with van der Waals surface area (Å²) in [4.78, 5) is 26.3. The molecule has 0 amide bonds. The Labute approximate surface area is 175 Å². The van der Waals surface area contributed by atoms with Crippen molar-refractivity contribution in [2.45, 2.75) is 23.3 Å². The highest BCUT2D eigenvalue weighted by molar-refractivity contribution is 7.99. The molecule has 0 saturated heterocycles. The van der Waals surface area contributed by atoms with E-state index in [1.165, 1.54) is 4.57 Å². The number of aromatic nitrogens is 1. The first-order valence-electron chi connectivity index (χ1n) is 8.81. The van der Waals surface area contributed by atoms with Gasteiger partial charge in [0.2, 0.25) is 0 Å². The van der Waals surface area contributed by atoms with Gasteiger partial charge in [0.15, 0.2) is 5.75 Å². The molecule has 0 atom stereocenters. The van der Waals surface area contributed by atoms with Gasteiger partial charge in [-0.3, -0.25) is 4.79 Å². The SMILES string of the molecule is Cc1cc2oc(=O)c(Sc3ccccc3)c(O)c2c(=O)n1Cc1ccc(Cl)cc1. The minimum Gasteiger partial charge on any atom is -0.505 e. The lowest BCUT2D eigenvalue weighted by molar-refractivity contribution is 0.445. The molecule has 7 heteroatoms. The van der Waals surface area contributed by atoms with Gasteiger partial charge in [-0.15, -0.1) is 0 Å². The molecule has 0 radical (unpaired) electrons. The highest BCUT2D eigenvalue weighted by Crippen LogP contribution is 2.35. The van der Waals surface area contributed by atoms with Crippen molar-refractivity contribution in [1.82, 2.24) is 4.57 Å². The van der Waals surface area contributed by atoms with E-state index >= 15 is 0 Å². The zero-order chi connectivity index (χ0) is 20.5. The molecule has 0 bridgehead atoms. The first kappa shape index (κ1) is 19.4. The van der Waals surface area contributed by atoms with E-state index in [0.717, 1.165) is 22.2 Å². The minimum absolute atomic E-state index is 0.0114. The molecule has 0 unspecified atom stereocenters. The molecule has 0 fully saturated rings. The molecule has 2 heterocycles. The predicted molar refractivity (Wildman–Crippen MR) is 114 cm³/mol. The van der Waals surface area contributed by atoms with Crippen LogP contribution in [-0.4, -0.2) is 9.67 Å². The van der Waals surface area contributed by atoms with E-state index in [1.807, 2.05) is 42.5 Å². The van der Waals surface area contributed by atoms with Crippen molar-refractivity contribution in [3.05, 3.63) is 97.7 Å². The van der Waals surface area contributed by atoms with Crippen LogP contribution in [0.1, 0.15) is 11.3 Å². The number of hydrogen-bond donors (Lipinski definition) is 1. The van der Waals surface area contributed by atoms with Crippen LogP contribution < -0.4 is 11.2 Å². The smallest absolute Gasteiger partial charge is 0.354 e. The molecule has 0 saturated carbocycles. The highest BCUT2D eigenvalue weighted by atomic mass is 35.5. The molecule has 1 N–H and O–H groups in total. The number of aromatic hydroxyl groups is 1. The molecule has 0 aliphatic carbocycles. The van der Waals surface area contributed by atoms with Crippen LogP contribution in [-0.2, 0) is 6.54 Å². The van der Waals surface area contributed by atoms with E-state index in [0.29, 0.717) is 17.3 Å². The van der Waals surface area contributed by atoms with Gasteiger partial charge in [0.1, 0.15) is 15.9 Å². The van der Waals surface area contributed by atoms with Crippen LogP contribution in [0.2, 0.25) is 5.02 Å². The number of benzene rings is 2. The summed E-state index contributed by atoms with van der Waals surface area (Å²) in [7, 11) is 0. The summed E-state index contributed by atoms with van der Waals surface area (Å²) in [6.45, 7) is 2.05. The molecule has 146 valence electrons. The molecular weight excluding hydrogens is 410 g/mol. The number of aryl methyl sites for hydroxylation is 1. The first-order valence-corrected chi connectivity index (χ1v) is 10.0. The highest BCUT2D eigenvalue weighted by Gasteiger charge is 2.20. The molecule has 2 aromatic carbocycles. The molecule has 0 spiro atoms. The van der Waals surface area contributed by atoms with Crippen molar-refractivity contribution in [1.29, 1.82) is 0 Å². The maximum atomic E-state index is 13.2. The maximum absolute atomic E-state index is 13.2. The largest absolute Gasteiger partial charge is 0.505 e. The third-order valence-corrected chi connectivity index (χ3v) is 5.85. The lowest BCUT2D eigenvalue weighted by Crippen LogP contribution is -2.24. The van der Waals surface area contributed by atoms with Gasteiger partial charge in [-0.2, -0.15) is 0 Å². The normalized spacial score (nSPS) is 11.1. The Bertz CT molecular complexity index is 1310. The van der Waals surface area contributed by atoms with Crippen molar-refractivity contribution in [2.75, 3.05) is 0 Å². The summed E-state index contributed by atoms with van der Waals surface area (Å²) in [5.74, 6) is -0.361. The summed E-state index contributed by atoms with van der Waals surface area (Å²) in [5.41, 5.74) is 0.460. The zero-order valence-corrected chi connectivity index (χ0v) is 17.0. The Hall–Kier alpha value is -2.96. The zero-order valence-electron chi connectivity index (χ0n) is 15.4. The van der Waals surface area contributed by atoms with Crippen LogP contribution >= 0.6 is 23.4 Å². The van der Waals surface area contributed by atoms with E-state index < -0.39 is 11.2 Å². The van der Waals surface area contributed by atoms with Crippen molar-refractivity contribution >= 4 is 34.3 Å². The van der Waals surface area contributed by atoms with E-state index in [-0.39, 0.29) is 21.6 Å². The monoisotopic (exact) mass is 425 g/mol. The van der Waals surface area contributed by atoms with Gasteiger partial charge in [0.05, 0.1) is 6.54 Å². The molecule has 4 aromatic rings. The van der Waals surface area contributed by atoms with E-state index in [9.17, 15) is 14.7 Å². The first-order chi connectivity index (χ1) is 13.9. The maximum Gasteiger partial charge on any atom is 0.354 e. The van der Waals surface area contributed by atoms with E-state index in [2.05, 4.69) is 0 Å². The molecule has 2 aromatic heterocycles. The summed E-state index contributed by atoms with van der Waals surface area (Å²) >= 11 is 6.99. The van der Waals surface area contributed by atoms with Gasteiger partial charge in [0, 0.05) is 21.7 Å². The third kappa shape index (κ3) is 3.81. The number of halogens is 1. The molecule has 5 nitrogen and oxygen atoms in total. The lowest BCUT2D eigenvalue weighted by atomic mass is 10.2. The van der Waals surface area contributed by atoms with Crippen LogP contribution in [0.5, 0.6) is 5.75 Å². The number of fused-ring (bicyclic) bond motifs is 1. The molecular formula is C22H16ClNO4S. The van der Waals surface area contributed by atoms with Gasteiger partial charge in [0.25, 0.3) is 5.56 Å². The molecule has 4 rings (SSSR count). The van der Waals surface area contributed by atoms with Crippen molar-refractivity contribution < 1.29 is 9.52 Å². The number of nitrogens with zero attached hydrogens (tertiary/aromatic N) is 1. The second-order valence-corrected chi connectivity index (χ2v) is 8.05. The van der Waals surface area contributed by atoms with Gasteiger partial charge >= 0.3 is 5.63 Å². The summed E-state index contributed by atoms with van der Waals surface area (Å²) in [6, 6.07) is 17.9. The van der Waals surface area contributed by atoms with E-state index in [4.69, 9.17) is 16.0 Å². The number of hydrogen-bond acceptors (Lipinski definition) is 5. The second kappa shape index (κ2) is 7.81. The lowest BCUT2D eigenvalue weighted by Gasteiger charge is -2.13. The number of rotatable bonds is 4. The van der Waals surface area contributed by atoms with Gasteiger partial charge in [-0.25, -0.2) is 4.79 Å². The van der Waals surface area contributed by atoms with Gasteiger partial charge in [-0.05, 0) is 36.8 Å². The fourth-order valence-corrected chi connectivity index (χ4v) is 4.04. The average Bonchev–Trinajstić information content (AvgIpc) is 2.70. The van der Waals surface area contributed by atoms with Crippen molar-refractivity contribution in [2.24, 2.45) is 0 Å². The Balaban J connectivity index is 1.86. The van der Waals surface area contributed by atoms with Crippen LogP contribution in [0.25, 0.3) is 11.0 Å². The van der Waals surface area contributed by atoms with Gasteiger partial charge < -0.3 is 14.1 Å². The second-order valence-electron chi connectivity index (χ2n) is 6.53. The van der Waals surface area contributed by atoms with E-state index in [1.54, 1.807) is 25.1 Å². The van der Waals surface area contributed by atoms with Crippen LogP contribution in [0, 0.1) is 6.92 Å². The molecule has 29 heavy (non-hydrogen) atoms. The topological polar surface area (TPSA) is 72.4 Å². The van der Waals surface area contributed by atoms with Crippen molar-refractivity contribution in [3.8, 4) is 5.75 Å². The Morgan fingerprint density at radius 3 is 2.45 bits per heavy atom. The summed E-state index contributed by atoms with van der Waals surface area (Å²) < 4.78 is 6.89. The fourth-order valence-electron chi connectivity index (χ4n) is 3.06. The van der Waals surface area contributed by atoms with Crippen LogP contribution in [0.3, 0.4) is 0 Å². The Morgan fingerprint density at radius 1 is 1.07 bits per heavy atom. The van der Waals surface area contributed by atoms with Crippen LogP contribution in [0.15, 0.2) is 84.5 Å².